The number of unbranched alkanes of at least 4 members (excludes halogenated alkanes) is 34. The van der Waals surface area contributed by atoms with Gasteiger partial charge in [-0.05, 0) is 38.5 Å². The number of hydrogen-bond donors (Lipinski definition) is 0. The summed E-state index contributed by atoms with van der Waals surface area (Å²) in [5, 5.41) is 0. The van der Waals surface area contributed by atoms with E-state index in [-0.39, 0.29) is 5.97 Å². The molecule has 0 aromatic rings. The van der Waals surface area contributed by atoms with E-state index in [1.54, 1.807) is 0 Å². The zero-order valence-corrected chi connectivity index (χ0v) is 32.0. The maximum Gasteiger partial charge on any atom is 0.305 e. The Hall–Kier alpha value is -0.790. The molecule has 2 nitrogen and oxygen atoms in total. The van der Waals surface area contributed by atoms with Gasteiger partial charge < -0.3 is 4.74 Å². The first kappa shape index (κ1) is 45.2. The summed E-state index contributed by atoms with van der Waals surface area (Å²) in [6, 6.07) is 0. The van der Waals surface area contributed by atoms with Crippen LogP contribution in [0.5, 0.6) is 0 Å². The number of ether oxygens (including phenoxy) is 1. The molecule has 46 heavy (non-hydrogen) atoms. The topological polar surface area (TPSA) is 26.3 Å². The highest BCUT2D eigenvalue weighted by Crippen LogP contribution is 2.16. The molecule has 274 valence electrons. The minimum absolute atomic E-state index is 0.0280. The number of carbonyl (C=O) groups excluding carboxylic acids is 1. The number of allylic oxidation sites excluding steroid dienone is 2. The quantitative estimate of drug-likeness (QED) is 0.0376. The summed E-state index contributed by atoms with van der Waals surface area (Å²) in [6.45, 7) is 5.22. The van der Waals surface area contributed by atoms with Gasteiger partial charge in [-0.2, -0.15) is 0 Å². The lowest BCUT2D eigenvalue weighted by atomic mass is 10.0. The van der Waals surface area contributed by atoms with Crippen LogP contribution in [0.2, 0.25) is 0 Å². The molecule has 0 aromatic carbocycles. The third-order valence-electron chi connectivity index (χ3n) is 9.90. The Balaban J connectivity index is 3.17. The van der Waals surface area contributed by atoms with E-state index in [0.29, 0.717) is 13.0 Å². The van der Waals surface area contributed by atoms with E-state index in [2.05, 4.69) is 26.0 Å². The van der Waals surface area contributed by atoms with Crippen molar-refractivity contribution < 1.29 is 9.53 Å². The van der Waals surface area contributed by atoms with Crippen molar-refractivity contribution in [2.24, 2.45) is 0 Å². The second-order valence-electron chi connectivity index (χ2n) is 14.7. The Morgan fingerprint density at radius 2 is 0.609 bits per heavy atom. The zero-order valence-electron chi connectivity index (χ0n) is 32.0. The summed E-state index contributed by atoms with van der Waals surface area (Å²) < 4.78 is 5.47. The van der Waals surface area contributed by atoms with Gasteiger partial charge >= 0.3 is 5.97 Å². The lowest BCUT2D eigenvalue weighted by molar-refractivity contribution is -0.143. The highest BCUT2D eigenvalue weighted by atomic mass is 16.5. The third-order valence-corrected chi connectivity index (χ3v) is 9.90. The molecule has 0 rings (SSSR count). The van der Waals surface area contributed by atoms with Gasteiger partial charge in [0, 0.05) is 6.42 Å². The number of carbonyl (C=O) groups is 1. The van der Waals surface area contributed by atoms with Crippen LogP contribution in [-0.2, 0) is 9.53 Å². The zero-order chi connectivity index (χ0) is 33.3. The Kier molecular flexibility index (Phi) is 41.5. The molecule has 0 radical (unpaired) electrons. The van der Waals surface area contributed by atoms with Crippen LogP contribution >= 0.6 is 0 Å². The fourth-order valence-corrected chi connectivity index (χ4v) is 6.66. The Bertz CT molecular complexity index is 582. The van der Waals surface area contributed by atoms with Crippen LogP contribution in [0.25, 0.3) is 0 Å². The van der Waals surface area contributed by atoms with Crippen LogP contribution in [0, 0.1) is 0 Å². The highest BCUT2D eigenvalue weighted by Gasteiger charge is 2.03. The monoisotopic (exact) mass is 647 g/mol. The summed E-state index contributed by atoms with van der Waals surface area (Å²) >= 11 is 0. The maximum absolute atomic E-state index is 12.0. The molecule has 0 aliphatic rings. The van der Waals surface area contributed by atoms with Crippen molar-refractivity contribution in [3.05, 3.63) is 12.2 Å². The molecule has 0 aliphatic carbocycles. The van der Waals surface area contributed by atoms with E-state index in [1.807, 2.05) is 0 Å². The molecule has 0 saturated heterocycles. The van der Waals surface area contributed by atoms with Crippen molar-refractivity contribution in [3.63, 3.8) is 0 Å². The second-order valence-corrected chi connectivity index (χ2v) is 14.7. The number of esters is 1. The molecule has 0 spiro atoms. The molecule has 0 aromatic heterocycles. The van der Waals surface area contributed by atoms with Gasteiger partial charge in [-0.25, -0.2) is 0 Å². The van der Waals surface area contributed by atoms with Crippen molar-refractivity contribution in [1.82, 2.24) is 0 Å². The SMILES string of the molecule is CCCCCCCC/C=C\CCCCCCCCCCCCCC(=O)OCCCCCCCCCCCCCCCCCCCC. The number of hydrogen-bond acceptors (Lipinski definition) is 2. The molecule has 0 unspecified atom stereocenters. The van der Waals surface area contributed by atoms with Gasteiger partial charge in [0.15, 0.2) is 0 Å². The molecule has 0 bridgehead atoms. The smallest absolute Gasteiger partial charge is 0.305 e. The van der Waals surface area contributed by atoms with Crippen LogP contribution < -0.4 is 0 Å². The van der Waals surface area contributed by atoms with E-state index < -0.39 is 0 Å². The molecule has 0 atom stereocenters. The average molecular weight is 647 g/mol. The van der Waals surface area contributed by atoms with Crippen molar-refractivity contribution in [2.75, 3.05) is 6.61 Å². The standard InChI is InChI=1S/C44H86O2/c1-3-5-7-9-11-13-15-17-19-21-23-24-25-26-28-30-32-34-36-38-40-42-44(45)46-43-41-39-37-35-33-31-29-27-22-20-18-16-14-12-10-8-6-4-2/h17,19H,3-16,18,20-43H2,1-2H3/b19-17-. The summed E-state index contributed by atoms with van der Waals surface area (Å²) in [5.74, 6) is 0.0280. The summed E-state index contributed by atoms with van der Waals surface area (Å²) in [6.07, 6.45) is 55.9. The van der Waals surface area contributed by atoms with Crippen LogP contribution in [0.4, 0.5) is 0 Å². The fourth-order valence-electron chi connectivity index (χ4n) is 6.66. The molecule has 0 fully saturated rings. The fraction of sp³-hybridized carbons (Fsp3) is 0.932. The molecular formula is C44H86O2. The molecular weight excluding hydrogens is 560 g/mol. The summed E-state index contributed by atoms with van der Waals surface area (Å²) in [4.78, 5) is 12.0. The molecule has 2 heteroatoms. The van der Waals surface area contributed by atoms with Gasteiger partial charge in [-0.15, -0.1) is 0 Å². The number of rotatable bonds is 40. The molecule has 0 aliphatic heterocycles. The predicted molar refractivity (Wildman–Crippen MR) is 207 cm³/mol. The minimum atomic E-state index is 0.0280. The van der Waals surface area contributed by atoms with Crippen LogP contribution in [0.3, 0.4) is 0 Å². The van der Waals surface area contributed by atoms with Gasteiger partial charge in [0.05, 0.1) is 6.61 Å². The van der Waals surface area contributed by atoms with Crippen molar-refractivity contribution >= 4 is 5.97 Å². The normalized spacial score (nSPS) is 11.6. The molecule has 0 saturated carbocycles. The van der Waals surface area contributed by atoms with Gasteiger partial charge in [0.25, 0.3) is 0 Å². The molecule has 0 N–H and O–H groups in total. The first-order valence-corrected chi connectivity index (χ1v) is 21.6. The van der Waals surface area contributed by atoms with E-state index in [0.717, 1.165) is 12.8 Å². The van der Waals surface area contributed by atoms with Crippen molar-refractivity contribution in [1.29, 1.82) is 0 Å². The van der Waals surface area contributed by atoms with Crippen molar-refractivity contribution in [3.8, 4) is 0 Å². The first-order chi connectivity index (χ1) is 22.8. The van der Waals surface area contributed by atoms with Gasteiger partial charge in [0.1, 0.15) is 0 Å². The van der Waals surface area contributed by atoms with Crippen LogP contribution in [0.15, 0.2) is 12.2 Å². The van der Waals surface area contributed by atoms with Crippen LogP contribution in [-0.4, -0.2) is 12.6 Å². The second kappa shape index (κ2) is 42.2. The average Bonchev–Trinajstić information content (AvgIpc) is 3.06. The third kappa shape index (κ3) is 41.2. The van der Waals surface area contributed by atoms with Gasteiger partial charge in [0.2, 0.25) is 0 Å². The molecule has 0 heterocycles. The van der Waals surface area contributed by atoms with E-state index in [9.17, 15) is 4.79 Å². The largest absolute Gasteiger partial charge is 0.466 e. The van der Waals surface area contributed by atoms with Gasteiger partial charge in [-0.3, -0.25) is 4.79 Å². The Morgan fingerprint density at radius 1 is 0.348 bits per heavy atom. The molecule has 0 amide bonds. The lowest BCUT2D eigenvalue weighted by Crippen LogP contribution is -2.05. The Labute approximate surface area is 291 Å². The minimum Gasteiger partial charge on any atom is -0.466 e. The van der Waals surface area contributed by atoms with Crippen LogP contribution in [0.1, 0.15) is 258 Å². The Morgan fingerprint density at radius 3 is 0.935 bits per heavy atom. The maximum atomic E-state index is 12.0. The van der Waals surface area contributed by atoms with Gasteiger partial charge in [-0.1, -0.05) is 225 Å². The van der Waals surface area contributed by atoms with E-state index in [4.69, 9.17) is 4.74 Å². The van der Waals surface area contributed by atoms with E-state index >= 15 is 0 Å². The summed E-state index contributed by atoms with van der Waals surface area (Å²) in [7, 11) is 0. The summed E-state index contributed by atoms with van der Waals surface area (Å²) in [5.41, 5.74) is 0. The predicted octanol–water partition coefficient (Wildman–Crippen LogP) is 15.9. The lowest BCUT2D eigenvalue weighted by Gasteiger charge is -2.06. The first-order valence-electron chi connectivity index (χ1n) is 21.6. The highest BCUT2D eigenvalue weighted by molar-refractivity contribution is 5.69. The van der Waals surface area contributed by atoms with Crippen molar-refractivity contribution in [2.45, 2.75) is 258 Å². The van der Waals surface area contributed by atoms with E-state index in [1.165, 1.54) is 225 Å².